The summed E-state index contributed by atoms with van der Waals surface area (Å²) in [4.78, 5) is 7.72. The summed E-state index contributed by atoms with van der Waals surface area (Å²) in [7, 11) is 0. The Hall–Kier alpha value is -0.370. The number of nitrogens with zero attached hydrogens (tertiary/aromatic N) is 2. The van der Waals surface area contributed by atoms with Crippen LogP contribution in [0.15, 0.2) is 9.98 Å². The van der Waals surface area contributed by atoms with Gasteiger partial charge in [0.15, 0.2) is 0 Å². The van der Waals surface area contributed by atoms with Crippen molar-refractivity contribution >= 4 is 24.2 Å². The SMILES string of the molecule is C[C@H]1N=CN=C[C@@H]1Cl. The highest BCUT2D eigenvalue weighted by molar-refractivity contribution is 6.29. The van der Waals surface area contributed by atoms with Crippen LogP contribution in [0.3, 0.4) is 0 Å². The third kappa shape index (κ3) is 1.07. The summed E-state index contributed by atoms with van der Waals surface area (Å²) < 4.78 is 0. The number of hydrogen-bond donors (Lipinski definition) is 0. The first kappa shape index (κ1) is 5.76. The van der Waals surface area contributed by atoms with Crippen LogP contribution in [0, 0.1) is 0 Å². The second kappa shape index (κ2) is 2.27. The van der Waals surface area contributed by atoms with Gasteiger partial charge in [0.2, 0.25) is 0 Å². The molecule has 0 aromatic carbocycles. The Bertz CT molecular complexity index is 114. The molecule has 1 aliphatic heterocycles. The van der Waals surface area contributed by atoms with Gasteiger partial charge in [0.25, 0.3) is 0 Å². The first-order chi connectivity index (χ1) is 3.80. The fourth-order valence-electron chi connectivity index (χ4n) is 0.471. The summed E-state index contributed by atoms with van der Waals surface area (Å²) in [5, 5.41) is -0.0139. The maximum absolute atomic E-state index is 5.70. The molecule has 1 aliphatic rings. The van der Waals surface area contributed by atoms with Crippen molar-refractivity contribution in [2.24, 2.45) is 9.98 Å². The quantitative estimate of drug-likeness (QED) is 0.439. The fourth-order valence-corrected chi connectivity index (χ4v) is 0.601. The van der Waals surface area contributed by atoms with Crippen molar-refractivity contribution in [1.29, 1.82) is 0 Å². The highest BCUT2D eigenvalue weighted by Gasteiger charge is 2.10. The molecule has 0 spiro atoms. The van der Waals surface area contributed by atoms with E-state index in [9.17, 15) is 0 Å². The van der Waals surface area contributed by atoms with Crippen LogP contribution in [0.4, 0.5) is 0 Å². The maximum Gasteiger partial charge on any atom is 0.109 e. The molecule has 0 fully saturated rings. The lowest BCUT2D eigenvalue weighted by atomic mass is 10.2. The molecule has 2 nitrogen and oxygen atoms in total. The van der Waals surface area contributed by atoms with E-state index in [4.69, 9.17) is 11.6 Å². The van der Waals surface area contributed by atoms with Crippen LogP contribution in [-0.2, 0) is 0 Å². The molecule has 44 valence electrons. The zero-order valence-electron chi connectivity index (χ0n) is 4.58. The van der Waals surface area contributed by atoms with E-state index in [0.717, 1.165) is 0 Å². The molecule has 3 heteroatoms. The minimum atomic E-state index is -0.0139. The third-order valence-corrected chi connectivity index (χ3v) is 1.54. The lowest BCUT2D eigenvalue weighted by molar-refractivity contribution is 0.789. The average Bonchev–Trinajstić information content (AvgIpc) is 1.77. The van der Waals surface area contributed by atoms with Crippen LogP contribution < -0.4 is 0 Å². The first-order valence-electron chi connectivity index (χ1n) is 2.50. The summed E-state index contributed by atoms with van der Waals surface area (Å²) in [5.74, 6) is 0. The van der Waals surface area contributed by atoms with Gasteiger partial charge in [-0.25, -0.2) is 4.99 Å². The van der Waals surface area contributed by atoms with E-state index in [2.05, 4.69) is 9.98 Å². The maximum atomic E-state index is 5.70. The van der Waals surface area contributed by atoms with Crippen molar-refractivity contribution in [2.75, 3.05) is 0 Å². The Morgan fingerprint density at radius 1 is 1.62 bits per heavy atom. The van der Waals surface area contributed by atoms with Gasteiger partial charge in [-0.15, -0.1) is 11.6 Å². The third-order valence-electron chi connectivity index (χ3n) is 1.06. The van der Waals surface area contributed by atoms with E-state index in [1.54, 1.807) is 6.21 Å². The van der Waals surface area contributed by atoms with E-state index in [1.165, 1.54) is 6.34 Å². The smallest absolute Gasteiger partial charge is 0.109 e. The summed E-state index contributed by atoms with van der Waals surface area (Å²) in [5.41, 5.74) is 0. The van der Waals surface area contributed by atoms with Crippen molar-refractivity contribution < 1.29 is 0 Å². The van der Waals surface area contributed by atoms with Crippen LogP contribution in [0.5, 0.6) is 0 Å². The molecule has 2 atom stereocenters. The van der Waals surface area contributed by atoms with Crippen molar-refractivity contribution in [2.45, 2.75) is 18.3 Å². The molecular formula is C5H7ClN2. The number of hydrogen-bond acceptors (Lipinski definition) is 2. The molecular weight excluding hydrogens is 124 g/mol. The van der Waals surface area contributed by atoms with Crippen molar-refractivity contribution in [3.8, 4) is 0 Å². The fraction of sp³-hybridized carbons (Fsp3) is 0.600. The Labute approximate surface area is 53.3 Å². The summed E-state index contributed by atoms with van der Waals surface area (Å²) in [6, 6.07) is 0.189. The molecule has 0 aliphatic carbocycles. The van der Waals surface area contributed by atoms with Crippen LogP contribution in [0.2, 0.25) is 0 Å². The predicted molar refractivity (Wildman–Crippen MR) is 36.1 cm³/mol. The second-order valence-corrected chi connectivity index (χ2v) is 2.25. The zero-order valence-corrected chi connectivity index (χ0v) is 5.34. The summed E-state index contributed by atoms with van der Waals surface area (Å²) in [6.45, 7) is 1.96. The Kier molecular flexibility index (Phi) is 1.63. The molecule has 0 aromatic rings. The van der Waals surface area contributed by atoms with Gasteiger partial charge in [0.1, 0.15) is 6.34 Å². The number of rotatable bonds is 0. The predicted octanol–water partition coefficient (Wildman–Crippen LogP) is 1.09. The van der Waals surface area contributed by atoms with Crippen molar-refractivity contribution in [3.05, 3.63) is 0 Å². The van der Waals surface area contributed by atoms with Crippen LogP contribution >= 0.6 is 11.6 Å². The molecule has 0 aromatic heterocycles. The summed E-state index contributed by atoms with van der Waals surface area (Å²) >= 11 is 5.70. The Morgan fingerprint density at radius 3 is 2.75 bits per heavy atom. The van der Waals surface area contributed by atoms with E-state index < -0.39 is 0 Å². The molecule has 0 radical (unpaired) electrons. The topological polar surface area (TPSA) is 24.7 Å². The normalized spacial score (nSPS) is 35.8. The van der Waals surface area contributed by atoms with E-state index in [1.807, 2.05) is 6.92 Å². The van der Waals surface area contributed by atoms with Gasteiger partial charge in [0.05, 0.1) is 11.4 Å². The lowest BCUT2D eigenvalue weighted by Crippen LogP contribution is -2.19. The highest BCUT2D eigenvalue weighted by Crippen LogP contribution is 2.05. The van der Waals surface area contributed by atoms with E-state index >= 15 is 0 Å². The Balaban J connectivity index is 2.59. The summed E-state index contributed by atoms with van der Waals surface area (Å²) in [6.07, 6.45) is 3.22. The van der Waals surface area contributed by atoms with Gasteiger partial charge in [-0.1, -0.05) is 0 Å². The van der Waals surface area contributed by atoms with Crippen LogP contribution in [0.1, 0.15) is 6.92 Å². The number of alkyl halides is 1. The first-order valence-corrected chi connectivity index (χ1v) is 2.93. The van der Waals surface area contributed by atoms with Crippen molar-refractivity contribution in [3.63, 3.8) is 0 Å². The monoisotopic (exact) mass is 130 g/mol. The largest absolute Gasteiger partial charge is 0.269 e. The van der Waals surface area contributed by atoms with Gasteiger partial charge in [-0.05, 0) is 6.92 Å². The van der Waals surface area contributed by atoms with Gasteiger partial charge in [-0.2, -0.15) is 0 Å². The molecule has 0 saturated heterocycles. The Morgan fingerprint density at radius 2 is 2.38 bits per heavy atom. The highest BCUT2D eigenvalue weighted by atomic mass is 35.5. The molecule has 0 N–H and O–H groups in total. The standard InChI is InChI=1S/C5H7ClN2/c1-4-5(6)2-7-3-8-4/h2-5H,1H3/t4-,5+/m1/s1. The van der Waals surface area contributed by atoms with Crippen LogP contribution in [-0.4, -0.2) is 24.0 Å². The van der Waals surface area contributed by atoms with Gasteiger partial charge in [-0.3, -0.25) is 4.99 Å². The molecule has 0 saturated carbocycles. The van der Waals surface area contributed by atoms with Crippen molar-refractivity contribution in [1.82, 2.24) is 0 Å². The molecule has 0 amide bonds. The minimum absolute atomic E-state index is 0.0139. The molecule has 0 unspecified atom stereocenters. The van der Waals surface area contributed by atoms with E-state index in [-0.39, 0.29) is 11.4 Å². The molecule has 1 rings (SSSR count). The van der Waals surface area contributed by atoms with Crippen LogP contribution in [0.25, 0.3) is 0 Å². The average molecular weight is 131 g/mol. The number of halogens is 1. The molecule has 0 bridgehead atoms. The minimum Gasteiger partial charge on any atom is -0.269 e. The van der Waals surface area contributed by atoms with Gasteiger partial charge >= 0.3 is 0 Å². The number of aliphatic imine (C=N–C) groups is 2. The molecule has 1 heterocycles. The zero-order chi connectivity index (χ0) is 5.98. The van der Waals surface area contributed by atoms with Gasteiger partial charge in [0, 0.05) is 6.21 Å². The second-order valence-electron chi connectivity index (χ2n) is 1.75. The lowest BCUT2D eigenvalue weighted by Gasteiger charge is -2.09. The van der Waals surface area contributed by atoms with Gasteiger partial charge < -0.3 is 0 Å². The van der Waals surface area contributed by atoms with E-state index in [0.29, 0.717) is 0 Å². The molecule has 8 heavy (non-hydrogen) atoms.